The Morgan fingerprint density at radius 2 is 2.12 bits per heavy atom. The quantitative estimate of drug-likeness (QED) is 0.854. The minimum absolute atomic E-state index is 0.112. The monoisotopic (exact) mass is 218 g/mol. The van der Waals surface area contributed by atoms with Gasteiger partial charge >= 0.3 is 0 Å². The van der Waals surface area contributed by atoms with E-state index in [1.165, 1.54) is 13.2 Å². The normalized spacial score (nSPS) is 9.81. The van der Waals surface area contributed by atoms with Crippen LogP contribution < -0.4 is 10.1 Å². The lowest BCUT2D eigenvalue weighted by molar-refractivity contribution is 0.0987. The van der Waals surface area contributed by atoms with Gasteiger partial charge in [0.25, 0.3) is 11.8 Å². The van der Waals surface area contributed by atoms with Crippen LogP contribution in [0.1, 0.15) is 10.6 Å². The van der Waals surface area contributed by atoms with Gasteiger partial charge < -0.3 is 14.6 Å². The number of hydrogen-bond donors (Lipinski definition) is 1. The fraction of sp³-hybridized carbons (Fsp3) is 0.0909. The zero-order valence-corrected chi connectivity index (χ0v) is 8.64. The molecule has 0 aliphatic heterocycles. The minimum Gasteiger partial charge on any atom is -0.479 e. The van der Waals surface area contributed by atoms with Crippen molar-refractivity contribution in [2.24, 2.45) is 0 Å². The number of amides is 1. The van der Waals surface area contributed by atoms with Gasteiger partial charge in [-0.25, -0.2) is 0 Å². The van der Waals surface area contributed by atoms with Gasteiger partial charge in [0.2, 0.25) is 5.76 Å². The number of hydrogen-bond acceptors (Lipinski definition) is 4. The summed E-state index contributed by atoms with van der Waals surface area (Å²) in [6.45, 7) is 0. The molecule has 5 nitrogen and oxygen atoms in total. The highest BCUT2D eigenvalue weighted by atomic mass is 16.5. The van der Waals surface area contributed by atoms with E-state index in [1.54, 1.807) is 12.1 Å². The summed E-state index contributed by atoms with van der Waals surface area (Å²) in [4.78, 5) is 11.6. The smallest absolute Gasteiger partial charge is 0.294 e. The van der Waals surface area contributed by atoms with Crippen LogP contribution in [0.3, 0.4) is 0 Å². The summed E-state index contributed by atoms with van der Waals surface area (Å²) in [7, 11) is 1.46. The Bertz CT molecular complexity index is 479. The molecule has 0 saturated carbocycles. The van der Waals surface area contributed by atoms with Crippen LogP contribution in [0.4, 0.5) is 5.69 Å². The summed E-state index contributed by atoms with van der Waals surface area (Å²) in [5.41, 5.74) is 0.697. The minimum atomic E-state index is -0.359. The first kappa shape index (κ1) is 10.2. The van der Waals surface area contributed by atoms with Crippen LogP contribution in [-0.2, 0) is 0 Å². The number of benzene rings is 1. The molecule has 0 spiro atoms. The number of nitrogens with zero attached hydrogens (tertiary/aromatic N) is 1. The van der Waals surface area contributed by atoms with Gasteiger partial charge in [-0.15, -0.1) is 0 Å². The first-order valence-corrected chi connectivity index (χ1v) is 4.66. The van der Waals surface area contributed by atoms with E-state index in [0.717, 1.165) is 0 Å². The molecule has 1 heterocycles. The molecule has 0 aliphatic rings. The van der Waals surface area contributed by atoms with E-state index >= 15 is 0 Å². The van der Waals surface area contributed by atoms with Gasteiger partial charge in [-0.3, -0.25) is 4.79 Å². The molecule has 0 fully saturated rings. The van der Waals surface area contributed by atoms with Gasteiger partial charge in [-0.05, 0) is 17.3 Å². The third-order valence-electron chi connectivity index (χ3n) is 1.95. The SMILES string of the molecule is COc1cc(C(=O)Nc2ccccc2)on1. The molecule has 1 amide bonds. The van der Waals surface area contributed by atoms with Crippen LogP contribution in [-0.4, -0.2) is 18.2 Å². The maximum Gasteiger partial charge on any atom is 0.294 e. The molecule has 0 atom stereocenters. The third-order valence-corrected chi connectivity index (χ3v) is 1.95. The van der Waals surface area contributed by atoms with Crippen LogP contribution in [0.2, 0.25) is 0 Å². The average molecular weight is 218 g/mol. The highest BCUT2D eigenvalue weighted by Crippen LogP contribution is 2.13. The van der Waals surface area contributed by atoms with Crippen molar-refractivity contribution in [3.05, 3.63) is 42.2 Å². The molecule has 2 aromatic rings. The van der Waals surface area contributed by atoms with Gasteiger partial charge in [0.15, 0.2) is 0 Å². The Labute approximate surface area is 92.0 Å². The third kappa shape index (κ3) is 2.20. The molecule has 0 saturated heterocycles. The Balaban J connectivity index is 2.09. The largest absolute Gasteiger partial charge is 0.479 e. The Morgan fingerprint density at radius 1 is 1.38 bits per heavy atom. The first-order valence-electron chi connectivity index (χ1n) is 4.66. The fourth-order valence-electron chi connectivity index (χ4n) is 1.18. The summed E-state index contributed by atoms with van der Waals surface area (Å²) in [6, 6.07) is 10.5. The molecule has 0 bridgehead atoms. The van der Waals surface area contributed by atoms with Crippen LogP contribution >= 0.6 is 0 Å². The van der Waals surface area contributed by atoms with Crippen LogP contribution in [0.25, 0.3) is 0 Å². The molecule has 0 radical (unpaired) electrons. The van der Waals surface area contributed by atoms with E-state index in [9.17, 15) is 4.79 Å². The average Bonchev–Trinajstić information content (AvgIpc) is 2.79. The first-order chi connectivity index (χ1) is 7.79. The maximum absolute atomic E-state index is 11.6. The van der Waals surface area contributed by atoms with E-state index in [0.29, 0.717) is 5.69 Å². The predicted octanol–water partition coefficient (Wildman–Crippen LogP) is 1.94. The zero-order chi connectivity index (χ0) is 11.4. The lowest BCUT2D eigenvalue weighted by Crippen LogP contribution is -2.10. The lowest BCUT2D eigenvalue weighted by atomic mass is 10.3. The van der Waals surface area contributed by atoms with Crippen molar-refractivity contribution in [1.82, 2.24) is 5.16 Å². The van der Waals surface area contributed by atoms with E-state index in [4.69, 9.17) is 9.26 Å². The number of nitrogens with one attached hydrogen (secondary N) is 1. The summed E-state index contributed by atoms with van der Waals surface area (Å²) in [5.74, 6) is 0.0286. The fourth-order valence-corrected chi connectivity index (χ4v) is 1.18. The molecule has 0 aliphatic carbocycles. The summed E-state index contributed by atoms with van der Waals surface area (Å²) < 4.78 is 9.61. The molecule has 1 aromatic heterocycles. The number of anilines is 1. The topological polar surface area (TPSA) is 64.4 Å². The van der Waals surface area contributed by atoms with Gasteiger partial charge in [0, 0.05) is 5.69 Å². The number of methoxy groups -OCH3 is 1. The molecule has 1 N–H and O–H groups in total. The highest BCUT2D eigenvalue weighted by molar-refractivity contribution is 6.02. The number of carbonyl (C=O) groups is 1. The molecular weight excluding hydrogens is 208 g/mol. The second-order valence-corrected chi connectivity index (χ2v) is 3.05. The van der Waals surface area contributed by atoms with E-state index in [1.807, 2.05) is 18.2 Å². The van der Waals surface area contributed by atoms with E-state index in [2.05, 4.69) is 10.5 Å². The summed E-state index contributed by atoms with van der Waals surface area (Å²) >= 11 is 0. The van der Waals surface area contributed by atoms with Crippen LogP contribution in [0, 0.1) is 0 Å². The zero-order valence-electron chi connectivity index (χ0n) is 8.64. The van der Waals surface area contributed by atoms with Crippen molar-refractivity contribution < 1.29 is 14.1 Å². The molecule has 1 aromatic carbocycles. The maximum atomic E-state index is 11.6. The second kappa shape index (κ2) is 4.48. The van der Waals surface area contributed by atoms with Crippen molar-refractivity contribution in [2.75, 3.05) is 12.4 Å². The van der Waals surface area contributed by atoms with E-state index in [-0.39, 0.29) is 17.5 Å². The van der Waals surface area contributed by atoms with Crippen molar-refractivity contribution in [3.8, 4) is 5.88 Å². The van der Waals surface area contributed by atoms with Gasteiger partial charge in [-0.2, -0.15) is 0 Å². The molecule has 5 heteroatoms. The lowest BCUT2D eigenvalue weighted by Gasteiger charge is -2.00. The number of para-hydroxylation sites is 1. The van der Waals surface area contributed by atoms with Crippen LogP contribution in [0.5, 0.6) is 5.88 Å². The van der Waals surface area contributed by atoms with Gasteiger partial charge in [-0.1, -0.05) is 18.2 Å². The number of aromatic nitrogens is 1. The second-order valence-electron chi connectivity index (χ2n) is 3.05. The van der Waals surface area contributed by atoms with E-state index < -0.39 is 0 Å². The molecule has 0 unspecified atom stereocenters. The standard InChI is InChI=1S/C11H10N2O3/c1-15-10-7-9(16-13-10)11(14)12-8-5-3-2-4-6-8/h2-7H,1H3,(H,12,14). The Hall–Kier alpha value is -2.30. The number of ether oxygens (including phenoxy) is 1. The van der Waals surface area contributed by atoms with Crippen molar-refractivity contribution in [1.29, 1.82) is 0 Å². The molecule has 16 heavy (non-hydrogen) atoms. The van der Waals surface area contributed by atoms with Gasteiger partial charge in [0.05, 0.1) is 13.2 Å². The van der Waals surface area contributed by atoms with Crippen molar-refractivity contribution in [3.63, 3.8) is 0 Å². The van der Waals surface area contributed by atoms with Crippen molar-refractivity contribution >= 4 is 11.6 Å². The van der Waals surface area contributed by atoms with Gasteiger partial charge in [0.1, 0.15) is 0 Å². The molecule has 82 valence electrons. The summed E-state index contributed by atoms with van der Waals surface area (Å²) in [5, 5.41) is 6.21. The highest BCUT2D eigenvalue weighted by Gasteiger charge is 2.13. The Kier molecular flexibility index (Phi) is 2.86. The van der Waals surface area contributed by atoms with Crippen LogP contribution in [0.15, 0.2) is 40.9 Å². The Morgan fingerprint density at radius 3 is 2.75 bits per heavy atom. The molecule has 2 rings (SSSR count). The predicted molar refractivity (Wildman–Crippen MR) is 57.5 cm³/mol. The number of carbonyl (C=O) groups excluding carboxylic acids is 1. The van der Waals surface area contributed by atoms with Crippen molar-refractivity contribution in [2.45, 2.75) is 0 Å². The molecular formula is C11H10N2O3. The summed E-state index contributed by atoms with van der Waals surface area (Å²) in [6.07, 6.45) is 0. The number of rotatable bonds is 3.